The second kappa shape index (κ2) is 5.06. The maximum absolute atomic E-state index is 12.4. The van der Waals surface area contributed by atoms with E-state index in [-0.39, 0.29) is 16.9 Å². The summed E-state index contributed by atoms with van der Waals surface area (Å²) >= 11 is 0. The quantitative estimate of drug-likeness (QED) is 0.623. The second-order valence-electron chi connectivity index (χ2n) is 6.36. The number of methoxy groups -OCH3 is 1. The first-order valence-electron chi connectivity index (χ1n) is 6.80. The Labute approximate surface area is 118 Å². The molecule has 0 aromatic heterocycles. The molecule has 0 amide bonds. The Morgan fingerprint density at radius 2 is 2.26 bits per heavy atom. The highest BCUT2D eigenvalue weighted by Gasteiger charge is 2.64. The summed E-state index contributed by atoms with van der Waals surface area (Å²) in [6.07, 6.45) is 5.77. The zero-order chi connectivity index (χ0) is 14.3. The average molecular weight is 284 g/mol. The van der Waals surface area contributed by atoms with E-state index in [1.165, 1.54) is 6.26 Å². The molecule has 0 aromatic carbocycles. The Balaban J connectivity index is 2.15. The number of allylic oxidation sites excluding steroid dienone is 1. The molecule has 4 heteroatoms. The van der Waals surface area contributed by atoms with E-state index in [1.54, 1.807) is 13.2 Å². The van der Waals surface area contributed by atoms with Crippen LogP contribution in [0.4, 0.5) is 0 Å². The molecule has 4 atom stereocenters. The molecule has 2 rings (SSSR count). The third kappa shape index (κ3) is 2.19. The van der Waals surface area contributed by atoms with Crippen molar-refractivity contribution in [2.24, 2.45) is 16.7 Å². The van der Waals surface area contributed by atoms with Crippen molar-refractivity contribution in [2.45, 2.75) is 39.2 Å². The minimum absolute atomic E-state index is 0.0628. The van der Waals surface area contributed by atoms with Gasteiger partial charge in [-0.1, -0.05) is 20.4 Å². The number of fused-ring (bicyclic) bond motifs is 2. The highest BCUT2D eigenvalue weighted by molar-refractivity contribution is 7.89. The Morgan fingerprint density at radius 3 is 2.74 bits per heavy atom. The first kappa shape index (κ1) is 14.8. The standard InChI is InChI=1S/C15H24O3S/c1-11(6-8-18-4)19(17)10-15-7-5-12(9-13(15)16)14(15,2)3/h6,8,12-13,16H,1,5,7,9-10H2,2-4H3/b8-6-/t12-,13-,15-,19+/m1/s1. The van der Waals surface area contributed by atoms with E-state index in [2.05, 4.69) is 20.4 Å². The van der Waals surface area contributed by atoms with Gasteiger partial charge in [0.15, 0.2) is 0 Å². The largest absolute Gasteiger partial charge is 0.504 e. The lowest BCUT2D eigenvalue weighted by Crippen LogP contribution is -2.43. The fourth-order valence-electron chi connectivity index (χ4n) is 3.93. The van der Waals surface area contributed by atoms with Crippen LogP contribution in [0.25, 0.3) is 0 Å². The normalized spacial score (nSPS) is 37.7. The highest BCUT2D eigenvalue weighted by Crippen LogP contribution is 2.66. The van der Waals surface area contributed by atoms with E-state index in [9.17, 15) is 9.32 Å². The topological polar surface area (TPSA) is 46.5 Å². The van der Waals surface area contributed by atoms with Crippen LogP contribution in [0.3, 0.4) is 0 Å². The molecule has 0 saturated heterocycles. The first-order chi connectivity index (χ1) is 8.85. The molecule has 2 bridgehead atoms. The Hall–Kier alpha value is -0.610. The Bertz CT molecular complexity index is 427. The summed E-state index contributed by atoms with van der Waals surface area (Å²) in [4.78, 5) is 0.564. The monoisotopic (exact) mass is 284 g/mol. The van der Waals surface area contributed by atoms with Crippen molar-refractivity contribution in [3.05, 3.63) is 23.8 Å². The number of aliphatic hydroxyl groups is 1. The molecule has 2 saturated carbocycles. The minimum Gasteiger partial charge on any atom is -0.504 e. The molecule has 3 nitrogen and oxygen atoms in total. The number of hydrogen-bond donors (Lipinski definition) is 1. The smallest absolute Gasteiger partial charge is 0.0836 e. The van der Waals surface area contributed by atoms with Crippen molar-refractivity contribution in [3.63, 3.8) is 0 Å². The maximum atomic E-state index is 12.4. The highest BCUT2D eigenvalue weighted by atomic mass is 32.2. The molecule has 0 spiro atoms. The van der Waals surface area contributed by atoms with Gasteiger partial charge in [0.25, 0.3) is 0 Å². The summed E-state index contributed by atoms with van der Waals surface area (Å²) in [6.45, 7) is 8.27. The van der Waals surface area contributed by atoms with E-state index < -0.39 is 10.8 Å². The van der Waals surface area contributed by atoms with E-state index in [0.29, 0.717) is 16.6 Å². The zero-order valence-electron chi connectivity index (χ0n) is 12.0. The van der Waals surface area contributed by atoms with Gasteiger partial charge in [0.05, 0.1) is 30.3 Å². The average Bonchev–Trinajstić information content (AvgIpc) is 2.69. The fourth-order valence-corrected chi connectivity index (χ4v) is 5.50. The molecule has 0 aliphatic heterocycles. The lowest BCUT2D eigenvalue weighted by Gasteiger charge is -2.40. The van der Waals surface area contributed by atoms with Crippen LogP contribution in [0.2, 0.25) is 0 Å². The van der Waals surface area contributed by atoms with Crippen LogP contribution in [0.5, 0.6) is 0 Å². The van der Waals surface area contributed by atoms with E-state index in [0.717, 1.165) is 19.3 Å². The number of aliphatic hydroxyl groups excluding tert-OH is 1. The molecule has 2 aliphatic carbocycles. The molecular weight excluding hydrogens is 260 g/mol. The lowest BCUT2D eigenvalue weighted by molar-refractivity contribution is 0.0162. The maximum Gasteiger partial charge on any atom is 0.0836 e. The predicted octanol–water partition coefficient (Wildman–Crippen LogP) is 2.60. The van der Waals surface area contributed by atoms with Crippen LogP contribution in [-0.4, -0.2) is 28.3 Å². The van der Waals surface area contributed by atoms with Crippen LogP contribution in [0.1, 0.15) is 33.1 Å². The van der Waals surface area contributed by atoms with E-state index in [1.807, 2.05) is 0 Å². The summed E-state index contributed by atoms with van der Waals surface area (Å²) in [7, 11) is 0.395. The SMILES string of the molecule is C=C(/C=C\OC)[S@@](=O)C[C@]12CC[C@H](C[C@H]1O)C2(C)C. The van der Waals surface area contributed by atoms with Gasteiger partial charge in [-0.25, -0.2) is 0 Å². The molecule has 2 aliphatic rings. The van der Waals surface area contributed by atoms with Crippen molar-refractivity contribution in [1.29, 1.82) is 0 Å². The Kier molecular flexibility index (Phi) is 3.94. The van der Waals surface area contributed by atoms with Gasteiger partial charge in [-0.15, -0.1) is 0 Å². The summed E-state index contributed by atoms with van der Waals surface area (Å²) < 4.78 is 17.2. The summed E-state index contributed by atoms with van der Waals surface area (Å²) in [6, 6.07) is 0. The van der Waals surface area contributed by atoms with E-state index in [4.69, 9.17) is 4.74 Å². The molecule has 0 unspecified atom stereocenters. The molecule has 0 heterocycles. The van der Waals surface area contributed by atoms with Gasteiger partial charge in [0.1, 0.15) is 0 Å². The first-order valence-corrected chi connectivity index (χ1v) is 8.12. The van der Waals surface area contributed by atoms with Crippen LogP contribution >= 0.6 is 0 Å². The van der Waals surface area contributed by atoms with Gasteiger partial charge in [0.2, 0.25) is 0 Å². The van der Waals surface area contributed by atoms with Gasteiger partial charge >= 0.3 is 0 Å². The van der Waals surface area contributed by atoms with Gasteiger partial charge < -0.3 is 9.84 Å². The molecule has 108 valence electrons. The summed E-state index contributed by atoms with van der Waals surface area (Å²) in [5.41, 5.74) is -0.153. The Morgan fingerprint density at radius 1 is 1.58 bits per heavy atom. The second-order valence-corrected chi connectivity index (χ2v) is 7.86. The summed E-state index contributed by atoms with van der Waals surface area (Å²) in [5.74, 6) is 1.06. The van der Waals surface area contributed by atoms with Crippen LogP contribution in [0, 0.1) is 16.7 Å². The third-order valence-corrected chi connectivity index (χ3v) is 6.96. The minimum atomic E-state index is -1.16. The number of rotatable bonds is 5. The van der Waals surface area contributed by atoms with Crippen LogP contribution in [0.15, 0.2) is 23.8 Å². The molecule has 2 fully saturated rings. The number of ether oxygens (including phenoxy) is 1. The van der Waals surface area contributed by atoms with Gasteiger partial charge in [-0.3, -0.25) is 4.21 Å². The van der Waals surface area contributed by atoms with Crippen LogP contribution in [-0.2, 0) is 15.5 Å². The van der Waals surface area contributed by atoms with Crippen molar-refractivity contribution in [2.75, 3.05) is 12.9 Å². The van der Waals surface area contributed by atoms with Crippen molar-refractivity contribution in [3.8, 4) is 0 Å². The third-order valence-electron chi connectivity index (χ3n) is 5.46. The number of hydrogen-bond acceptors (Lipinski definition) is 3. The molecule has 1 N–H and O–H groups in total. The molecular formula is C15H24O3S. The van der Waals surface area contributed by atoms with Crippen molar-refractivity contribution in [1.82, 2.24) is 0 Å². The van der Waals surface area contributed by atoms with E-state index >= 15 is 0 Å². The molecule has 0 radical (unpaired) electrons. The van der Waals surface area contributed by atoms with Crippen LogP contribution < -0.4 is 0 Å². The van der Waals surface area contributed by atoms with Gasteiger partial charge in [-0.2, -0.15) is 0 Å². The van der Waals surface area contributed by atoms with Gasteiger partial charge in [0, 0.05) is 16.1 Å². The molecule has 0 aromatic rings. The fraction of sp³-hybridized carbons (Fsp3) is 0.733. The molecule has 19 heavy (non-hydrogen) atoms. The van der Waals surface area contributed by atoms with Crippen molar-refractivity contribution < 1.29 is 14.1 Å². The lowest BCUT2D eigenvalue weighted by atomic mass is 9.70. The zero-order valence-corrected chi connectivity index (χ0v) is 12.8. The van der Waals surface area contributed by atoms with Gasteiger partial charge in [-0.05, 0) is 36.7 Å². The summed E-state index contributed by atoms with van der Waals surface area (Å²) in [5, 5.41) is 10.4. The van der Waals surface area contributed by atoms with Crippen molar-refractivity contribution >= 4 is 10.8 Å². The predicted molar refractivity (Wildman–Crippen MR) is 77.9 cm³/mol.